The molecule has 0 bridgehead atoms. The van der Waals surface area contributed by atoms with Crippen LogP contribution in [0.2, 0.25) is 0 Å². The van der Waals surface area contributed by atoms with Crippen LogP contribution < -0.4 is 11.5 Å². The second kappa shape index (κ2) is 43.0. The van der Waals surface area contributed by atoms with Gasteiger partial charge in [0.2, 0.25) is 0 Å². The Labute approximate surface area is 658 Å². The average Bonchev–Trinajstić information content (AvgIpc) is 0.759. The average molecular weight is 1790 g/mol. The molecular formula is C57H103N2O55P3. The molecule has 0 amide bonds. The van der Waals surface area contributed by atoms with Crippen molar-refractivity contribution in [3.8, 4) is 0 Å². The third-order valence-electron chi connectivity index (χ3n) is 19.7. The molecule has 686 valence electrons. The van der Waals surface area contributed by atoms with Gasteiger partial charge in [-0.1, -0.05) is 0 Å². The SMILES string of the molecule is NCCOP(=O)(O)O[C@@H](CO)[C@H]1O[C@H](O[C@@H]2[C@H](O)[C@@H](O[C@H]3[C@@H]([C@H](O)CO)O[C@@](O)(C(=O)O)C[C@H]3OP(=O)(O)OP(=O)(O)OCCN)O[C@H]([C@@H](O)CO)[C@H]2O[C@@H]2O[C@H](CO)[C@@H](O)[C@H](O)[C@H]2O)[C@@H](O[C@H]2O[C@H]([C@@H](O)CO)[C@@H](O)[C@H](O)[C@@H]2O)[C@@H](O[C@H]2O[C@H](CO)[C@@H](O[C@@H]3O[C@H](CO)[C@@H](O[C@@H]4O[C@H](CO)[C@H](O)[C@H](O)[C@H]4O)[C@H](O)[C@H]3O)[C@H](O)[C@H]2O)[C@@H]1O. The molecule has 3 unspecified atom stereocenters. The lowest BCUT2D eigenvalue weighted by molar-refractivity contribution is -0.424. The number of carboxylic acid groups (broad SMARTS) is 1. The third-order valence-corrected chi connectivity index (χ3v) is 23.4. The number of aliphatic hydroxyl groups excluding tert-OH is 26. The normalized spacial score (nSPS) is 46.4. The molecule has 0 aliphatic carbocycles. The highest BCUT2D eigenvalue weighted by Crippen LogP contribution is 2.62. The highest BCUT2D eigenvalue weighted by Gasteiger charge is 2.64. The van der Waals surface area contributed by atoms with Gasteiger partial charge < -0.3 is 240 Å². The van der Waals surface area contributed by atoms with Gasteiger partial charge in [0, 0.05) is 19.5 Å². The van der Waals surface area contributed by atoms with Gasteiger partial charge in [-0.3, -0.25) is 18.1 Å². The first-order chi connectivity index (χ1) is 54.9. The summed E-state index contributed by atoms with van der Waals surface area (Å²) in [6, 6.07) is 0. The minimum atomic E-state index is -6.37. The van der Waals surface area contributed by atoms with Crippen LogP contribution in [0, 0.1) is 0 Å². The summed E-state index contributed by atoms with van der Waals surface area (Å²) in [7, 11) is -17.9. The summed E-state index contributed by atoms with van der Waals surface area (Å²) < 4.78 is 152. The van der Waals surface area contributed by atoms with Gasteiger partial charge in [0.25, 0.3) is 5.79 Å². The lowest BCUT2D eigenvalue weighted by Crippen LogP contribution is -2.71. The van der Waals surface area contributed by atoms with Crippen molar-refractivity contribution >= 4 is 29.4 Å². The smallest absolute Gasteiger partial charge is 0.477 e. The van der Waals surface area contributed by atoms with Crippen LogP contribution in [0.25, 0.3) is 0 Å². The van der Waals surface area contributed by atoms with E-state index in [1.807, 2.05) is 0 Å². The first kappa shape index (κ1) is 100. The zero-order chi connectivity index (χ0) is 87.2. The van der Waals surface area contributed by atoms with Gasteiger partial charge in [-0.2, -0.15) is 4.31 Å². The van der Waals surface area contributed by atoms with E-state index in [-0.39, 0.29) is 0 Å². The van der Waals surface area contributed by atoms with Crippen molar-refractivity contribution in [1.82, 2.24) is 0 Å². The van der Waals surface area contributed by atoms with E-state index in [4.69, 9.17) is 96.1 Å². The van der Waals surface area contributed by atoms with Crippen LogP contribution in [0.1, 0.15) is 6.42 Å². The van der Waals surface area contributed by atoms with E-state index in [9.17, 15) is 176 Å². The van der Waals surface area contributed by atoms with Crippen molar-refractivity contribution in [2.75, 3.05) is 79.2 Å². The van der Waals surface area contributed by atoms with E-state index in [2.05, 4.69) is 8.83 Å². The second-order valence-electron chi connectivity index (χ2n) is 27.7. The number of aliphatic carboxylic acids is 1. The Morgan fingerprint density at radius 1 is 0.376 bits per heavy atom. The first-order valence-corrected chi connectivity index (χ1v) is 40.1. The standard InChI is InChI=1S/C57H103N2O55P3/c58-1-3-95-115(89,90)113-22(13-67)43-36(84)45(107-52-35(83)30(78)42(21(12-66)100-52)104-51-34(82)29(77)41(20(11-65)99-51)103-49-31(79)25(73)23(71)18(9-63)97-49)48(110-53-33(81)27(75)28(76)38(101-53)14(68)6-60)55(105-43)108-46-37(85)54(102-39(15(69)7-61)47(46)109-50-32(80)26(74)24(72)19(10-64)98-50)106-44-17(112-117(93,94)114-116(91,92)96-4-2-59)5-57(88,56(86)87)111-40(44)16(70)8-62/h14-55,60-85,88H,1-13,58-59H2,(H,86,87)(H,89,90)(H,91,92)(H,93,94)/t14-,15-,16+,17+,18+,19+,20+,21+,22-,23-,24+,25-,26-,27-,28-,29+,30+,31+,32+,33-,34+,35+,36+,37-,38+,39+,40+,41+,42+,43+,44+,45-,46+,47+,48-,49-,50-,51-,52+,53+,54+,55+,57+/m0/s1. The fourth-order valence-electron chi connectivity index (χ4n) is 13.6. The summed E-state index contributed by atoms with van der Waals surface area (Å²) in [5.41, 5.74) is 10.8. The number of rotatable bonds is 39. The van der Waals surface area contributed by atoms with E-state index < -0.39 is 378 Å². The Hall–Kier alpha value is -1.92. The quantitative estimate of drug-likeness (QED) is 0.0254. The molecule has 57 nitrogen and oxygen atoms in total. The maximum atomic E-state index is 13.7. The summed E-state index contributed by atoms with van der Waals surface area (Å²) in [5, 5.41) is 311. The van der Waals surface area contributed by atoms with Gasteiger partial charge in [-0.05, 0) is 0 Å². The van der Waals surface area contributed by atoms with E-state index in [1.165, 1.54) is 0 Å². The lowest BCUT2D eigenvalue weighted by Gasteiger charge is -2.53. The number of aliphatic hydroxyl groups is 27. The first-order valence-electron chi connectivity index (χ1n) is 35.6. The molecule has 0 spiro atoms. The molecule has 8 fully saturated rings. The number of ether oxygens (including phenoxy) is 15. The van der Waals surface area contributed by atoms with Crippen molar-refractivity contribution in [3.63, 3.8) is 0 Å². The zero-order valence-corrected chi connectivity index (χ0v) is 63.3. The van der Waals surface area contributed by atoms with Crippen molar-refractivity contribution in [1.29, 1.82) is 0 Å². The molecule has 8 aliphatic rings. The summed E-state index contributed by atoms with van der Waals surface area (Å²) in [6.07, 6.45) is -107. The summed E-state index contributed by atoms with van der Waals surface area (Å²) in [6.45, 7) is -13.9. The number of hydrogen-bond donors (Lipinski definition) is 33. The molecule has 0 saturated carbocycles. The molecular weight excluding hydrogens is 1690 g/mol. The van der Waals surface area contributed by atoms with Crippen LogP contribution in [-0.4, -0.2) is 506 Å². The number of nitrogens with two attached hydrogens (primary N) is 2. The third kappa shape index (κ3) is 23.3. The molecule has 0 aromatic carbocycles. The Bertz CT molecular complexity index is 3190. The molecule has 0 aromatic heterocycles. The number of hydrogen-bond acceptors (Lipinski definition) is 53. The fourth-order valence-corrected chi connectivity index (χ4v) is 16.8. The minimum absolute atomic E-state index is 0.540. The Morgan fingerprint density at radius 3 is 1.19 bits per heavy atom. The molecule has 8 rings (SSSR count). The Balaban J connectivity index is 1.28. The number of phosphoric acid groups is 3. The van der Waals surface area contributed by atoms with Gasteiger partial charge in [0.15, 0.2) is 44.0 Å². The van der Waals surface area contributed by atoms with E-state index in [1.54, 1.807) is 0 Å². The maximum Gasteiger partial charge on any atom is 0.481 e. The molecule has 60 heteroatoms. The monoisotopic (exact) mass is 1790 g/mol. The molecule has 35 N–H and O–H groups in total. The predicted molar refractivity (Wildman–Crippen MR) is 352 cm³/mol. The van der Waals surface area contributed by atoms with Crippen LogP contribution in [0.15, 0.2) is 0 Å². The van der Waals surface area contributed by atoms with Crippen molar-refractivity contribution in [2.24, 2.45) is 11.5 Å². The number of phosphoric ester groups is 3. The number of carboxylic acids is 1. The summed E-state index contributed by atoms with van der Waals surface area (Å²) >= 11 is 0. The molecule has 0 radical (unpaired) electrons. The molecule has 8 heterocycles. The molecule has 117 heavy (non-hydrogen) atoms. The van der Waals surface area contributed by atoms with E-state index in [0.717, 1.165) is 0 Å². The maximum absolute atomic E-state index is 13.7. The van der Waals surface area contributed by atoms with Crippen LogP contribution in [0.4, 0.5) is 0 Å². The molecule has 8 aliphatic heterocycles. The largest absolute Gasteiger partial charge is 0.481 e. The summed E-state index contributed by atoms with van der Waals surface area (Å²) in [4.78, 5) is 45.0. The van der Waals surface area contributed by atoms with Crippen LogP contribution in [-0.2, 0) is 112 Å². The minimum Gasteiger partial charge on any atom is -0.477 e. The van der Waals surface area contributed by atoms with Crippen LogP contribution >= 0.6 is 23.5 Å². The summed E-state index contributed by atoms with van der Waals surface area (Å²) in [5.74, 6) is -6.20. The van der Waals surface area contributed by atoms with Crippen molar-refractivity contribution < 1.29 is 270 Å². The van der Waals surface area contributed by atoms with Crippen LogP contribution in [0.5, 0.6) is 0 Å². The van der Waals surface area contributed by atoms with E-state index >= 15 is 0 Å². The predicted octanol–water partition coefficient (Wildman–Crippen LogP) is -20.2. The van der Waals surface area contributed by atoms with Gasteiger partial charge in [0.05, 0.1) is 66.1 Å². The zero-order valence-electron chi connectivity index (χ0n) is 60.6. The Morgan fingerprint density at radius 2 is 0.735 bits per heavy atom. The molecule has 0 aromatic rings. The molecule has 46 atom stereocenters. The van der Waals surface area contributed by atoms with Gasteiger partial charge in [-0.25, -0.2) is 18.5 Å². The fraction of sp³-hybridized carbons (Fsp3) is 0.982. The van der Waals surface area contributed by atoms with Crippen molar-refractivity contribution in [3.05, 3.63) is 0 Å². The van der Waals surface area contributed by atoms with Crippen molar-refractivity contribution in [2.45, 2.75) is 270 Å². The highest BCUT2D eigenvalue weighted by molar-refractivity contribution is 7.61. The highest BCUT2D eigenvalue weighted by atomic mass is 31.3. The van der Waals surface area contributed by atoms with E-state index in [0.29, 0.717) is 0 Å². The molecule has 8 saturated heterocycles. The van der Waals surface area contributed by atoms with Crippen LogP contribution in [0.3, 0.4) is 0 Å². The Kier molecular flexibility index (Phi) is 37.0. The topological polar surface area (TPSA) is 932 Å². The second-order valence-corrected chi connectivity index (χ2v) is 32.1. The van der Waals surface area contributed by atoms with Gasteiger partial charge in [-0.15, -0.1) is 0 Å². The van der Waals surface area contributed by atoms with Gasteiger partial charge >= 0.3 is 29.4 Å². The lowest BCUT2D eigenvalue weighted by atomic mass is 9.91. The van der Waals surface area contributed by atoms with Gasteiger partial charge in [0.1, 0.15) is 214 Å². The number of carbonyl (C=O) groups is 1.